The van der Waals surface area contributed by atoms with E-state index in [1.165, 1.54) is 23.5 Å². The standard InChI is InChI=1S/C21H20N4O3S2/c1-14(2)13-29-21-24-23-20(30-21)22-19(26)18(16-8-4-3-5-9-16)12-15-7-6-10-17(11-15)25(27)28/h3-12,14H,13H2,1-2H3,(H,22,23,26)/b18-12+. The van der Waals surface area contributed by atoms with Crippen molar-refractivity contribution in [2.75, 3.05) is 11.1 Å². The molecule has 0 atom stereocenters. The highest BCUT2D eigenvalue weighted by molar-refractivity contribution is 8.01. The second kappa shape index (κ2) is 10.1. The molecule has 0 radical (unpaired) electrons. The first-order valence-corrected chi connectivity index (χ1v) is 11.0. The van der Waals surface area contributed by atoms with E-state index in [0.29, 0.717) is 27.7 Å². The molecule has 2 aromatic carbocycles. The summed E-state index contributed by atoms with van der Waals surface area (Å²) in [6, 6.07) is 15.3. The van der Waals surface area contributed by atoms with Gasteiger partial charge < -0.3 is 0 Å². The third-order valence-electron chi connectivity index (χ3n) is 3.89. The van der Waals surface area contributed by atoms with Gasteiger partial charge in [0, 0.05) is 23.5 Å². The van der Waals surface area contributed by atoms with Gasteiger partial charge >= 0.3 is 0 Å². The molecule has 0 aliphatic carbocycles. The maximum atomic E-state index is 13.0. The monoisotopic (exact) mass is 440 g/mol. The quantitative estimate of drug-likeness (QED) is 0.126. The zero-order valence-electron chi connectivity index (χ0n) is 16.4. The summed E-state index contributed by atoms with van der Waals surface area (Å²) in [5, 5.41) is 22.4. The van der Waals surface area contributed by atoms with E-state index in [1.807, 2.05) is 30.3 Å². The Morgan fingerprint density at radius 2 is 1.97 bits per heavy atom. The predicted molar refractivity (Wildman–Crippen MR) is 122 cm³/mol. The SMILES string of the molecule is CC(C)CSc1nnc(NC(=O)/C(=C/c2cccc([N+](=O)[O-])c2)c2ccccc2)s1. The molecular formula is C21H20N4O3S2. The number of nitro groups is 1. The smallest absolute Gasteiger partial charge is 0.270 e. The first-order chi connectivity index (χ1) is 14.4. The van der Waals surface area contributed by atoms with Crippen LogP contribution in [-0.4, -0.2) is 26.8 Å². The maximum Gasteiger partial charge on any atom is 0.270 e. The number of carbonyl (C=O) groups is 1. The fourth-order valence-corrected chi connectivity index (χ4v) is 4.24. The summed E-state index contributed by atoms with van der Waals surface area (Å²) in [5.41, 5.74) is 1.60. The van der Waals surface area contributed by atoms with Gasteiger partial charge in [0.2, 0.25) is 5.13 Å². The van der Waals surface area contributed by atoms with E-state index in [4.69, 9.17) is 0 Å². The molecule has 0 aliphatic rings. The summed E-state index contributed by atoms with van der Waals surface area (Å²) in [7, 11) is 0. The summed E-state index contributed by atoms with van der Waals surface area (Å²) in [6.07, 6.45) is 1.63. The number of amides is 1. The van der Waals surface area contributed by atoms with E-state index >= 15 is 0 Å². The van der Waals surface area contributed by atoms with Crippen LogP contribution in [0.15, 0.2) is 58.9 Å². The van der Waals surface area contributed by atoms with Gasteiger partial charge in [0.05, 0.1) is 4.92 Å². The summed E-state index contributed by atoms with van der Waals surface area (Å²) in [5.74, 6) is 1.09. The molecule has 3 aromatic rings. The number of nitrogens with one attached hydrogen (secondary N) is 1. The van der Waals surface area contributed by atoms with Crippen molar-refractivity contribution in [2.45, 2.75) is 18.2 Å². The van der Waals surface area contributed by atoms with Crippen LogP contribution < -0.4 is 5.32 Å². The Bertz CT molecular complexity index is 1060. The van der Waals surface area contributed by atoms with Gasteiger partial charge in [-0.1, -0.05) is 79.4 Å². The van der Waals surface area contributed by atoms with Crippen LogP contribution >= 0.6 is 23.1 Å². The van der Waals surface area contributed by atoms with E-state index in [2.05, 4.69) is 29.4 Å². The summed E-state index contributed by atoms with van der Waals surface area (Å²) in [4.78, 5) is 23.6. The summed E-state index contributed by atoms with van der Waals surface area (Å²) < 4.78 is 0.794. The average molecular weight is 441 g/mol. The number of carbonyl (C=O) groups excluding carboxylic acids is 1. The minimum absolute atomic E-state index is 0.0347. The number of rotatable bonds is 8. The van der Waals surface area contributed by atoms with Crippen molar-refractivity contribution in [3.8, 4) is 0 Å². The molecule has 1 amide bonds. The normalized spacial score (nSPS) is 11.5. The second-order valence-corrected chi connectivity index (χ2v) is 9.05. The molecule has 0 bridgehead atoms. The Labute approximate surface area is 182 Å². The minimum Gasteiger partial charge on any atom is -0.296 e. The zero-order valence-corrected chi connectivity index (χ0v) is 18.1. The van der Waals surface area contributed by atoms with Crippen LogP contribution in [0.3, 0.4) is 0 Å². The van der Waals surface area contributed by atoms with E-state index in [1.54, 1.807) is 30.0 Å². The first-order valence-electron chi connectivity index (χ1n) is 9.21. The molecule has 9 heteroatoms. The lowest BCUT2D eigenvalue weighted by Crippen LogP contribution is -2.13. The Balaban J connectivity index is 1.87. The highest BCUT2D eigenvalue weighted by Gasteiger charge is 2.16. The fourth-order valence-electron chi connectivity index (χ4n) is 2.51. The Morgan fingerprint density at radius 3 is 2.67 bits per heavy atom. The average Bonchev–Trinajstić information content (AvgIpc) is 3.18. The lowest BCUT2D eigenvalue weighted by atomic mass is 10.0. The van der Waals surface area contributed by atoms with Crippen molar-refractivity contribution in [1.29, 1.82) is 0 Å². The van der Waals surface area contributed by atoms with Gasteiger partial charge in [-0.2, -0.15) is 0 Å². The summed E-state index contributed by atoms with van der Waals surface area (Å²) in [6.45, 7) is 4.25. The third-order valence-corrected chi connectivity index (χ3v) is 6.29. The van der Waals surface area contributed by atoms with E-state index in [0.717, 1.165) is 10.1 Å². The zero-order chi connectivity index (χ0) is 21.5. The number of non-ortho nitro benzene ring substituents is 1. The maximum absolute atomic E-state index is 13.0. The van der Waals surface area contributed by atoms with E-state index < -0.39 is 4.92 Å². The molecule has 0 fully saturated rings. The van der Waals surface area contributed by atoms with Crippen molar-refractivity contribution in [3.05, 3.63) is 75.8 Å². The molecule has 0 saturated carbocycles. The number of benzene rings is 2. The van der Waals surface area contributed by atoms with Gasteiger partial charge in [-0.3, -0.25) is 20.2 Å². The molecule has 0 saturated heterocycles. The summed E-state index contributed by atoms with van der Waals surface area (Å²) >= 11 is 2.92. The Hall–Kier alpha value is -3.04. The van der Waals surface area contributed by atoms with Crippen molar-refractivity contribution in [2.24, 2.45) is 5.92 Å². The van der Waals surface area contributed by atoms with Crippen LogP contribution in [0.4, 0.5) is 10.8 Å². The molecular weight excluding hydrogens is 420 g/mol. The van der Waals surface area contributed by atoms with E-state index in [9.17, 15) is 14.9 Å². The van der Waals surface area contributed by atoms with Crippen molar-refractivity contribution in [3.63, 3.8) is 0 Å². The van der Waals surface area contributed by atoms with Gasteiger partial charge in [0.1, 0.15) is 0 Å². The molecule has 1 heterocycles. The molecule has 3 rings (SSSR count). The number of thioether (sulfide) groups is 1. The number of hydrogen-bond donors (Lipinski definition) is 1. The molecule has 1 aromatic heterocycles. The number of nitrogens with zero attached hydrogens (tertiary/aromatic N) is 3. The molecule has 0 spiro atoms. The molecule has 1 N–H and O–H groups in total. The molecule has 30 heavy (non-hydrogen) atoms. The Kier molecular flexibility index (Phi) is 7.31. The number of nitro benzene ring substituents is 1. The topological polar surface area (TPSA) is 98.0 Å². The highest BCUT2D eigenvalue weighted by atomic mass is 32.2. The molecule has 0 unspecified atom stereocenters. The van der Waals surface area contributed by atoms with Crippen LogP contribution in [0.5, 0.6) is 0 Å². The molecule has 7 nitrogen and oxygen atoms in total. The van der Waals surface area contributed by atoms with Gasteiger partial charge in [0.15, 0.2) is 4.34 Å². The number of anilines is 1. The van der Waals surface area contributed by atoms with Crippen LogP contribution in [0.2, 0.25) is 0 Å². The molecule has 0 aliphatic heterocycles. The van der Waals surface area contributed by atoms with Gasteiger partial charge in [-0.25, -0.2) is 0 Å². The second-order valence-electron chi connectivity index (χ2n) is 6.81. The predicted octanol–water partition coefficient (Wildman–Crippen LogP) is 5.37. The fraction of sp³-hybridized carbons (Fsp3) is 0.190. The van der Waals surface area contributed by atoms with Crippen LogP contribution in [0, 0.1) is 16.0 Å². The Morgan fingerprint density at radius 1 is 1.20 bits per heavy atom. The number of aromatic nitrogens is 2. The van der Waals surface area contributed by atoms with Crippen LogP contribution in [0.1, 0.15) is 25.0 Å². The van der Waals surface area contributed by atoms with E-state index in [-0.39, 0.29) is 11.6 Å². The van der Waals surface area contributed by atoms with Crippen LogP contribution in [-0.2, 0) is 4.79 Å². The highest BCUT2D eigenvalue weighted by Crippen LogP contribution is 2.28. The molecule has 154 valence electrons. The first kappa shape index (κ1) is 21.7. The minimum atomic E-state index is -0.461. The third kappa shape index (κ3) is 5.98. The van der Waals surface area contributed by atoms with Gasteiger partial charge in [0.25, 0.3) is 11.6 Å². The van der Waals surface area contributed by atoms with Crippen LogP contribution in [0.25, 0.3) is 11.6 Å². The van der Waals surface area contributed by atoms with Gasteiger partial charge in [-0.15, -0.1) is 10.2 Å². The lowest BCUT2D eigenvalue weighted by Gasteiger charge is -2.08. The number of hydrogen-bond acceptors (Lipinski definition) is 7. The van der Waals surface area contributed by atoms with Crippen molar-refractivity contribution < 1.29 is 9.72 Å². The van der Waals surface area contributed by atoms with Crippen molar-refractivity contribution >= 4 is 51.5 Å². The van der Waals surface area contributed by atoms with Crippen molar-refractivity contribution in [1.82, 2.24) is 10.2 Å². The lowest BCUT2D eigenvalue weighted by molar-refractivity contribution is -0.384. The largest absolute Gasteiger partial charge is 0.296 e. The van der Waals surface area contributed by atoms with Gasteiger partial charge in [-0.05, 0) is 23.1 Å².